The molecule has 3 aromatic rings. The van der Waals surface area contributed by atoms with Gasteiger partial charge in [0.2, 0.25) is 0 Å². The highest BCUT2D eigenvalue weighted by atomic mass is 32.2. The summed E-state index contributed by atoms with van der Waals surface area (Å²) in [6.45, 7) is 0.131. The number of carbonyl (C=O) groups is 2. The minimum Gasteiger partial charge on any atom is -0.476 e. The summed E-state index contributed by atoms with van der Waals surface area (Å²) in [4.78, 5) is 31.7. The summed E-state index contributed by atoms with van der Waals surface area (Å²) in [5.41, 5.74) is 4.17. The van der Waals surface area contributed by atoms with Crippen LogP contribution in [0.1, 0.15) is 27.5 Å². The summed E-state index contributed by atoms with van der Waals surface area (Å²) < 4.78 is 5.43. The molecule has 0 fully saturated rings. The van der Waals surface area contributed by atoms with Gasteiger partial charge in [0.1, 0.15) is 6.61 Å². The van der Waals surface area contributed by atoms with Crippen LogP contribution in [0.15, 0.2) is 59.9 Å². The normalized spacial score (nSPS) is 12.2. The SMILES string of the molecule is CSc1ncc(NC(=O)OCC2c3ccccc3-c3ccccc32)c(C(=O)O)n1. The molecule has 29 heavy (non-hydrogen) atoms. The number of hydrogen-bond donors (Lipinski definition) is 2. The fourth-order valence-electron chi connectivity index (χ4n) is 3.46. The molecule has 0 radical (unpaired) electrons. The van der Waals surface area contributed by atoms with Gasteiger partial charge in [0.15, 0.2) is 10.9 Å². The van der Waals surface area contributed by atoms with Crippen LogP contribution in [0.25, 0.3) is 11.1 Å². The predicted molar refractivity (Wildman–Crippen MR) is 109 cm³/mol. The molecule has 1 aromatic heterocycles. The average molecular weight is 407 g/mol. The Morgan fingerprint density at radius 3 is 2.31 bits per heavy atom. The number of anilines is 1. The van der Waals surface area contributed by atoms with Crippen molar-refractivity contribution in [3.8, 4) is 11.1 Å². The van der Waals surface area contributed by atoms with Gasteiger partial charge in [0.25, 0.3) is 0 Å². The Balaban J connectivity index is 1.51. The van der Waals surface area contributed by atoms with E-state index in [1.165, 1.54) is 18.0 Å². The second kappa shape index (κ2) is 7.92. The third kappa shape index (κ3) is 3.66. The van der Waals surface area contributed by atoms with Crippen LogP contribution in [-0.4, -0.2) is 40.0 Å². The number of aromatic carboxylic acids is 1. The predicted octanol–water partition coefficient (Wildman–Crippen LogP) is 4.26. The van der Waals surface area contributed by atoms with Crippen molar-refractivity contribution in [3.63, 3.8) is 0 Å². The van der Waals surface area contributed by atoms with Gasteiger partial charge in [-0.3, -0.25) is 5.32 Å². The van der Waals surface area contributed by atoms with Gasteiger partial charge in [0.05, 0.1) is 11.9 Å². The van der Waals surface area contributed by atoms with Gasteiger partial charge in [-0.25, -0.2) is 19.6 Å². The molecule has 1 heterocycles. The summed E-state index contributed by atoms with van der Waals surface area (Å²) in [5.74, 6) is -1.33. The quantitative estimate of drug-likeness (QED) is 0.481. The number of carboxylic acid groups (broad SMARTS) is 1. The smallest absolute Gasteiger partial charge is 0.411 e. The molecule has 0 saturated heterocycles. The number of fused-ring (bicyclic) bond motifs is 3. The van der Waals surface area contributed by atoms with Gasteiger partial charge in [-0.1, -0.05) is 60.3 Å². The van der Waals surface area contributed by atoms with Crippen molar-refractivity contribution in [3.05, 3.63) is 71.5 Å². The molecule has 1 aliphatic rings. The lowest BCUT2D eigenvalue weighted by molar-refractivity contribution is 0.0690. The van der Waals surface area contributed by atoms with E-state index < -0.39 is 12.1 Å². The lowest BCUT2D eigenvalue weighted by Gasteiger charge is -2.15. The Kier molecular flexibility index (Phi) is 5.18. The molecule has 8 heteroatoms. The molecule has 7 nitrogen and oxygen atoms in total. The highest BCUT2D eigenvalue weighted by Crippen LogP contribution is 2.44. The number of rotatable bonds is 5. The molecular weight excluding hydrogens is 390 g/mol. The number of carboxylic acids is 1. The fourth-order valence-corrected chi connectivity index (χ4v) is 3.80. The molecule has 146 valence electrons. The molecule has 0 aliphatic heterocycles. The summed E-state index contributed by atoms with van der Waals surface area (Å²) >= 11 is 1.21. The molecule has 4 rings (SSSR count). The number of thioether (sulfide) groups is 1. The Bertz CT molecular complexity index is 1060. The Morgan fingerprint density at radius 1 is 1.10 bits per heavy atom. The van der Waals surface area contributed by atoms with E-state index in [4.69, 9.17) is 4.74 Å². The summed E-state index contributed by atoms with van der Waals surface area (Å²) in [6, 6.07) is 16.0. The van der Waals surface area contributed by atoms with E-state index in [0.29, 0.717) is 5.16 Å². The number of amides is 1. The van der Waals surface area contributed by atoms with Crippen LogP contribution in [0.4, 0.5) is 10.5 Å². The van der Waals surface area contributed by atoms with Gasteiger partial charge in [0, 0.05) is 5.92 Å². The van der Waals surface area contributed by atoms with Crippen LogP contribution in [0, 0.1) is 0 Å². The second-order valence-electron chi connectivity index (χ2n) is 6.37. The van der Waals surface area contributed by atoms with E-state index in [-0.39, 0.29) is 23.9 Å². The number of ether oxygens (including phenoxy) is 1. The number of aromatic nitrogens is 2. The summed E-state index contributed by atoms with van der Waals surface area (Å²) in [7, 11) is 0. The van der Waals surface area contributed by atoms with Gasteiger partial charge >= 0.3 is 12.1 Å². The first-order chi connectivity index (χ1) is 14.1. The number of benzene rings is 2. The van der Waals surface area contributed by atoms with E-state index in [1.54, 1.807) is 6.26 Å². The molecule has 0 bridgehead atoms. The van der Waals surface area contributed by atoms with Crippen molar-refractivity contribution in [1.82, 2.24) is 9.97 Å². The second-order valence-corrected chi connectivity index (χ2v) is 7.15. The van der Waals surface area contributed by atoms with E-state index >= 15 is 0 Å². The molecule has 1 amide bonds. The van der Waals surface area contributed by atoms with Crippen LogP contribution >= 0.6 is 11.8 Å². The first kappa shape index (κ1) is 18.9. The monoisotopic (exact) mass is 407 g/mol. The third-order valence-electron chi connectivity index (χ3n) is 4.73. The van der Waals surface area contributed by atoms with Crippen molar-refractivity contribution >= 4 is 29.5 Å². The number of carbonyl (C=O) groups excluding carboxylic acids is 1. The molecule has 0 saturated carbocycles. The first-order valence-corrected chi connectivity index (χ1v) is 10.1. The lowest BCUT2D eigenvalue weighted by Crippen LogP contribution is -2.20. The first-order valence-electron chi connectivity index (χ1n) is 8.85. The van der Waals surface area contributed by atoms with Crippen LogP contribution in [0.5, 0.6) is 0 Å². The largest absolute Gasteiger partial charge is 0.476 e. The number of nitrogens with zero attached hydrogens (tertiary/aromatic N) is 2. The molecule has 1 aliphatic carbocycles. The maximum Gasteiger partial charge on any atom is 0.411 e. The Hall–Kier alpha value is -3.39. The zero-order chi connectivity index (χ0) is 20.4. The zero-order valence-corrected chi connectivity index (χ0v) is 16.3. The number of nitrogens with one attached hydrogen (secondary N) is 1. The lowest BCUT2D eigenvalue weighted by atomic mass is 9.98. The summed E-state index contributed by atoms with van der Waals surface area (Å²) in [6.07, 6.45) is 2.25. The van der Waals surface area contributed by atoms with Crippen molar-refractivity contribution in [2.75, 3.05) is 18.2 Å². The van der Waals surface area contributed by atoms with E-state index in [0.717, 1.165) is 22.3 Å². The minimum atomic E-state index is -1.25. The third-order valence-corrected chi connectivity index (χ3v) is 5.29. The number of hydrogen-bond acceptors (Lipinski definition) is 6. The molecule has 2 N–H and O–H groups in total. The molecule has 0 unspecified atom stereocenters. The van der Waals surface area contributed by atoms with Crippen molar-refractivity contribution in [2.45, 2.75) is 11.1 Å². The minimum absolute atomic E-state index is 0.00692. The van der Waals surface area contributed by atoms with Crippen molar-refractivity contribution < 1.29 is 19.4 Å². The standard InChI is InChI=1S/C21H17N3O4S/c1-29-20-22-10-17(18(24-20)19(25)26)23-21(27)28-11-16-14-8-4-2-6-12(14)13-7-3-5-9-15(13)16/h2-10,16H,11H2,1H3,(H,23,27)(H,25,26). The maximum absolute atomic E-state index is 12.3. The topological polar surface area (TPSA) is 101 Å². The zero-order valence-electron chi connectivity index (χ0n) is 15.5. The highest BCUT2D eigenvalue weighted by Gasteiger charge is 2.29. The van der Waals surface area contributed by atoms with Crippen molar-refractivity contribution in [2.24, 2.45) is 0 Å². The Labute approximate surface area is 171 Å². The van der Waals surface area contributed by atoms with Crippen LogP contribution in [-0.2, 0) is 4.74 Å². The van der Waals surface area contributed by atoms with Gasteiger partial charge in [-0.05, 0) is 28.5 Å². The van der Waals surface area contributed by atoms with Crippen molar-refractivity contribution in [1.29, 1.82) is 0 Å². The van der Waals surface area contributed by atoms with E-state index in [1.807, 2.05) is 36.4 Å². The van der Waals surface area contributed by atoms with Crippen LogP contribution < -0.4 is 5.32 Å². The molecule has 0 atom stereocenters. The average Bonchev–Trinajstić information content (AvgIpc) is 3.06. The van der Waals surface area contributed by atoms with Gasteiger partial charge in [-0.2, -0.15) is 0 Å². The van der Waals surface area contributed by atoms with E-state index in [2.05, 4.69) is 27.4 Å². The molecular formula is C21H17N3O4S. The van der Waals surface area contributed by atoms with Crippen LogP contribution in [0.3, 0.4) is 0 Å². The molecule has 0 spiro atoms. The fraction of sp³-hybridized carbons (Fsp3) is 0.143. The Morgan fingerprint density at radius 2 is 1.72 bits per heavy atom. The van der Waals surface area contributed by atoms with E-state index in [9.17, 15) is 14.7 Å². The van der Waals surface area contributed by atoms with Gasteiger partial charge in [-0.15, -0.1) is 0 Å². The molecule has 2 aromatic carbocycles. The van der Waals surface area contributed by atoms with Crippen LogP contribution in [0.2, 0.25) is 0 Å². The summed E-state index contributed by atoms with van der Waals surface area (Å²) in [5, 5.41) is 12.1. The highest BCUT2D eigenvalue weighted by molar-refractivity contribution is 7.98. The maximum atomic E-state index is 12.3. The van der Waals surface area contributed by atoms with Gasteiger partial charge < -0.3 is 9.84 Å².